The molecule has 4 nitrogen and oxygen atoms in total. The second-order valence-electron chi connectivity index (χ2n) is 10.2. The van der Waals surface area contributed by atoms with Gasteiger partial charge in [-0.3, -0.25) is 0 Å². The largest absolute Gasteiger partial charge is 0.541 e. The summed E-state index contributed by atoms with van der Waals surface area (Å²) in [6.45, 7) is 22.4. The van der Waals surface area contributed by atoms with E-state index in [4.69, 9.17) is 14.6 Å². The molecule has 26 heavy (non-hydrogen) atoms. The molecule has 1 aromatic carbocycles. The van der Waals surface area contributed by atoms with Crippen molar-refractivity contribution in [3.8, 4) is 11.5 Å². The van der Waals surface area contributed by atoms with E-state index in [2.05, 4.69) is 67.7 Å². The van der Waals surface area contributed by atoms with Crippen LogP contribution in [0.5, 0.6) is 11.5 Å². The Bertz CT molecular complexity index is 616. The summed E-state index contributed by atoms with van der Waals surface area (Å²) in [6, 6.07) is 5.72. The molecule has 150 valence electrons. The molecule has 3 N–H and O–H groups in total. The first-order valence-electron chi connectivity index (χ1n) is 9.42. The minimum absolute atomic E-state index is 0.0731. The molecule has 1 rings (SSSR count). The predicted molar refractivity (Wildman–Crippen MR) is 116 cm³/mol. The van der Waals surface area contributed by atoms with Crippen LogP contribution in [0.4, 0.5) is 0 Å². The van der Waals surface area contributed by atoms with Crippen molar-refractivity contribution in [3.63, 3.8) is 0 Å². The van der Waals surface area contributed by atoms with Crippen LogP contribution in [0.25, 0.3) is 0 Å². The van der Waals surface area contributed by atoms with Gasteiger partial charge < -0.3 is 19.7 Å². The fourth-order valence-corrected chi connectivity index (χ4v) is 3.93. The smallest absolute Gasteiger partial charge is 0.250 e. The average molecular weight is 398 g/mol. The Balaban J connectivity index is 3.38. The van der Waals surface area contributed by atoms with Gasteiger partial charge in [-0.25, -0.2) is 0 Å². The van der Waals surface area contributed by atoms with Crippen LogP contribution in [-0.4, -0.2) is 28.3 Å². The van der Waals surface area contributed by atoms with Gasteiger partial charge >= 0.3 is 0 Å². The summed E-state index contributed by atoms with van der Waals surface area (Å²) >= 11 is 0. The molecular formula is C20H39NO3Si2. The highest BCUT2D eigenvalue weighted by atomic mass is 28.4. The van der Waals surface area contributed by atoms with E-state index < -0.39 is 22.7 Å². The van der Waals surface area contributed by atoms with Gasteiger partial charge in [-0.05, 0) is 54.0 Å². The third kappa shape index (κ3) is 5.34. The van der Waals surface area contributed by atoms with E-state index in [0.29, 0.717) is 0 Å². The molecule has 0 saturated heterocycles. The standard InChI is InChI=1S/C20H39NO3Si2/c1-19(2,3)25(7,8)23-17-12-11-15(16(22)14-21)13-18(17)24-26(9,10)20(4,5)6/h11-13,16,22H,14,21H2,1-10H3. The Morgan fingerprint density at radius 1 is 0.885 bits per heavy atom. The molecule has 0 aliphatic heterocycles. The van der Waals surface area contributed by atoms with Gasteiger partial charge in [-0.15, -0.1) is 0 Å². The number of benzene rings is 1. The molecule has 0 fully saturated rings. The lowest BCUT2D eigenvalue weighted by Crippen LogP contribution is -2.45. The van der Waals surface area contributed by atoms with Gasteiger partial charge in [-0.1, -0.05) is 47.6 Å². The number of hydrogen-bond acceptors (Lipinski definition) is 4. The second kappa shape index (κ2) is 7.66. The fraction of sp³-hybridized carbons (Fsp3) is 0.700. The normalized spacial score (nSPS) is 14.9. The highest BCUT2D eigenvalue weighted by Gasteiger charge is 2.42. The molecule has 0 saturated carbocycles. The molecule has 1 aromatic rings. The highest BCUT2D eigenvalue weighted by molar-refractivity contribution is 6.75. The van der Waals surface area contributed by atoms with Gasteiger partial charge in [0, 0.05) is 6.54 Å². The molecule has 0 aliphatic carbocycles. The van der Waals surface area contributed by atoms with Crippen molar-refractivity contribution in [2.75, 3.05) is 6.54 Å². The average Bonchev–Trinajstić information content (AvgIpc) is 2.45. The SMILES string of the molecule is CC(C)(C)[Si](C)(C)Oc1ccc(C(O)CN)cc1O[Si](C)(C)C(C)(C)C. The van der Waals surface area contributed by atoms with Crippen molar-refractivity contribution in [1.29, 1.82) is 0 Å². The van der Waals surface area contributed by atoms with Gasteiger partial charge in [0.2, 0.25) is 0 Å². The quantitative estimate of drug-likeness (QED) is 0.627. The Kier molecular flexibility index (Phi) is 6.84. The Labute approximate surface area is 162 Å². The van der Waals surface area contributed by atoms with Crippen molar-refractivity contribution in [3.05, 3.63) is 23.8 Å². The van der Waals surface area contributed by atoms with Gasteiger partial charge in [0.1, 0.15) is 11.5 Å². The number of hydrogen-bond donors (Lipinski definition) is 2. The monoisotopic (exact) mass is 397 g/mol. The van der Waals surface area contributed by atoms with Gasteiger partial charge in [-0.2, -0.15) is 0 Å². The summed E-state index contributed by atoms with van der Waals surface area (Å²) in [4.78, 5) is 0. The lowest BCUT2D eigenvalue weighted by atomic mass is 10.1. The van der Waals surface area contributed by atoms with Crippen LogP contribution in [0, 0.1) is 0 Å². The molecule has 0 aliphatic rings. The van der Waals surface area contributed by atoms with Gasteiger partial charge in [0.15, 0.2) is 0 Å². The fourth-order valence-electron chi connectivity index (χ4n) is 1.89. The number of nitrogens with two attached hydrogens (primary N) is 1. The molecular weight excluding hydrogens is 358 g/mol. The van der Waals surface area contributed by atoms with Gasteiger partial charge in [0.25, 0.3) is 16.6 Å². The van der Waals surface area contributed by atoms with Gasteiger partial charge in [0.05, 0.1) is 6.10 Å². The molecule has 6 heteroatoms. The van der Waals surface area contributed by atoms with E-state index in [1.165, 1.54) is 0 Å². The summed E-state index contributed by atoms with van der Waals surface area (Å²) in [5, 5.41) is 10.3. The van der Waals surface area contributed by atoms with Crippen LogP contribution >= 0.6 is 0 Å². The first-order chi connectivity index (χ1) is 11.5. The predicted octanol–water partition coefficient (Wildman–Crippen LogP) is 5.45. The van der Waals surface area contributed by atoms with E-state index in [1.807, 2.05) is 18.2 Å². The van der Waals surface area contributed by atoms with Crippen molar-refractivity contribution in [2.24, 2.45) is 5.73 Å². The van der Waals surface area contributed by atoms with Crippen molar-refractivity contribution >= 4 is 16.6 Å². The zero-order valence-corrected chi connectivity index (χ0v) is 20.4. The zero-order valence-electron chi connectivity index (χ0n) is 18.4. The van der Waals surface area contributed by atoms with Crippen LogP contribution in [0.15, 0.2) is 18.2 Å². The lowest BCUT2D eigenvalue weighted by Gasteiger charge is -2.40. The van der Waals surface area contributed by atoms with Crippen LogP contribution < -0.4 is 14.6 Å². The Morgan fingerprint density at radius 3 is 1.69 bits per heavy atom. The molecule has 0 aromatic heterocycles. The van der Waals surface area contributed by atoms with Crippen LogP contribution in [0.3, 0.4) is 0 Å². The van der Waals surface area contributed by atoms with E-state index in [9.17, 15) is 5.11 Å². The summed E-state index contributed by atoms with van der Waals surface area (Å²) in [7, 11) is -4.05. The molecule has 0 spiro atoms. The molecule has 0 radical (unpaired) electrons. The number of rotatable bonds is 6. The maximum absolute atomic E-state index is 10.2. The minimum Gasteiger partial charge on any atom is -0.541 e. The molecule has 1 unspecified atom stereocenters. The summed E-state index contributed by atoms with van der Waals surface area (Å²) < 4.78 is 13.1. The van der Waals surface area contributed by atoms with E-state index in [1.54, 1.807) is 0 Å². The van der Waals surface area contributed by atoms with E-state index in [-0.39, 0.29) is 16.6 Å². The highest BCUT2D eigenvalue weighted by Crippen LogP contribution is 2.44. The van der Waals surface area contributed by atoms with Crippen molar-refractivity contribution in [1.82, 2.24) is 0 Å². The molecule has 0 bridgehead atoms. The maximum Gasteiger partial charge on any atom is 0.250 e. The molecule has 0 heterocycles. The molecule has 1 atom stereocenters. The summed E-state index contributed by atoms with van der Waals surface area (Å²) in [5.41, 5.74) is 6.41. The van der Waals surface area contributed by atoms with E-state index >= 15 is 0 Å². The molecule has 0 amide bonds. The van der Waals surface area contributed by atoms with Crippen LogP contribution in [0.2, 0.25) is 36.3 Å². The first kappa shape index (κ1) is 23.2. The number of aliphatic hydroxyl groups is 1. The summed E-state index contributed by atoms with van der Waals surface area (Å²) in [6.07, 6.45) is -0.696. The topological polar surface area (TPSA) is 64.7 Å². The first-order valence-corrected chi connectivity index (χ1v) is 15.2. The van der Waals surface area contributed by atoms with Crippen molar-refractivity contribution < 1.29 is 14.0 Å². The van der Waals surface area contributed by atoms with Crippen LogP contribution in [-0.2, 0) is 0 Å². The second-order valence-corrected chi connectivity index (χ2v) is 19.6. The maximum atomic E-state index is 10.2. The lowest BCUT2D eigenvalue weighted by molar-refractivity contribution is 0.186. The van der Waals surface area contributed by atoms with Crippen molar-refractivity contribution in [2.45, 2.75) is 83.9 Å². The Morgan fingerprint density at radius 2 is 1.31 bits per heavy atom. The number of aliphatic hydroxyl groups excluding tert-OH is 1. The zero-order chi connectivity index (χ0) is 20.6. The Hall–Kier alpha value is -0.826. The van der Waals surface area contributed by atoms with E-state index in [0.717, 1.165) is 17.1 Å². The van der Waals surface area contributed by atoms with Crippen LogP contribution in [0.1, 0.15) is 53.2 Å². The summed E-state index contributed by atoms with van der Waals surface area (Å²) in [5.74, 6) is 1.50. The third-order valence-corrected chi connectivity index (χ3v) is 14.6. The minimum atomic E-state index is -2.04. The third-order valence-electron chi connectivity index (χ3n) is 5.92.